The lowest BCUT2D eigenvalue weighted by molar-refractivity contribution is -0.120. The monoisotopic (exact) mass is 354 g/mol. The van der Waals surface area contributed by atoms with Crippen LogP contribution in [0, 0.1) is 6.92 Å². The summed E-state index contributed by atoms with van der Waals surface area (Å²) in [5.41, 5.74) is 0.820. The molecule has 1 heterocycles. The number of methoxy groups -OCH3 is 1. The molecule has 0 bridgehead atoms. The number of thiophene rings is 1. The molecule has 1 amide bonds. The van der Waals surface area contributed by atoms with Crippen LogP contribution in [0.3, 0.4) is 0 Å². The smallest absolute Gasteiger partial charge is 0.250 e. The van der Waals surface area contributed by atoms with Gasteiger partial charge in [0.15, 0.2) is 0 Å². The minimum absolute atomic E-state index is 0.201. The predicted octanol–water partition coefficient (Wildman–Crippen LogP) is 1.66. The standard InChI is InChI=1S/C15H18N2O4S2/c1-11-7-8-15(22-11)23(19,20)17-10-14(18)16-9-12-5-3-4-6-13(12)21-2/h3-8,17H,9-10H2,1-2H3,(H,16,18). The van der Waals surface area contributed by atoms with Crippen molar-refractivity contribution < 1.29 is 17.9 Å². The third-order valence-electron chi connectivity index (χ3n) is 3.07. The van der Waals surface area contributed by atoms with Gasteiger partial charge in [0.25, 0.3) is 10.0 Å². The highest BCUT2D eigenvalue weighted by Crippen LogP contribution is 2.20. The zero-order chi connectivity index (χ0) is 16.9. The predicted molar refractivity (Wildman–Crippen MR) is 89.1 cm³/mol. The van der Waals surface area contributed by atoms with Crippen LogP contribution in [0.5, 0.6) is 5.75 Å². The maximum absolute atomic E-state index is 12.0. The largest absolute Gasteiger partial charge is 0.496 e. The van der Waals surface area contributed by atoms with Crippen molar-refractivity contribution in [2.24, 2.45) is 0 Å². The molecule has 0 radical (unpaired) electrons. The fraction of sp³-hybridized carbons (Fsp3) is 0.267. The summed E-state index contributed by atoms with van der Waals surface area (Å²) in [6, 6.07) is 10.5. The molecule has 0 spiro atoms. The Bertz CT molecular complexity index is 784. The zero-order valence-electron chi connectivity index (χ0n) is 12.8. The van der Waals surface area contributed by atoms with E-state index in [2.05, 4.69) is 10.0 Å². The van der Waals surface area contributed by atoms with Gasteiger partial charge < -0.3 is 10.1 Å². The van der Waals surface area contributed by atoms with Crippen molar-refractivity contribution in [3.63, 3.8) is 0 Å². The van der Waals surface area contributed by atoms with E-state index in [1.54, 1.807) is 19.2 Å². The first-order valence-corrected chi connectivity index (χ1v) is 9.17. The number of hydrogen-bond donors (Lipinski definition) is 2. The van der Waals surface area contributed by atoms with Crippen molar-refractivity contribution in [3.05, 3.63) is 46.8 Å². The number of carbonyl (C=O) groups is 1. The fourth-order valence-electron chi connectivity index (χ4n) is 1.89. The van der Waals surface area contributed by atoms with Crippen LogP contribution in [0.4, 0.5) is 0 Å². The summed E-state index contributed by atoms with van der Waals surface area (Å²) < 4.78 is 31.7. The molecule has 0 aliphatic heterocycles. The third kappa shape index (κ3) is 4.78. The first kappa shape index (κ1) is 17.5. The summed E-state index contributed by atoms with van der Waals surface area (Å²) in [6.45, 7) is 1.78. The van der Waals surface area contributed by atoms with Crippen LogP contribution in [-0.2, 0) is 21.4 Å². The number of ether oxygens (including phenoxy) is 1. The van der Waals surface area contributed by atoms with Crippen LogP contribution in [0.15, 0.2) is 40.6 Å². The van der Waals surface area contributed by atoms with Crippen molar-refractivity contribution in [2.75, 3.05) is 13.7 Å². The van der Waals surface area contributed by atoms with E-state index in [4.69, 9.17) is 4.74 Å². The van der Waals surface area contributed by atoms with Gasteiger partial charge in [0, 0.05) is 17.0 Å². The van der Waals surface area contributed by atoms with Crippen LogP contribution < -0.4 is 14.8 Å². The Morgan fingerprint density at radius 3 is 2.61 bits per heavy atom. The summed E-state index contributed by atoms with van der Waals surface area (Å²) in [6.07, 6.45) is 0. The normalized spacial score (nSPS) is 11.2. The molecule has 1 aromatic heterocycles. The fourth-order valence-corrected chi connectivity index (χ4v) is 4.20. The van der Waals surface area contributed by atoms with E-state index in [0.29, 0.717) is 5.75 Å². The van der Waals surface area contributed by atoms with Gasteiger partial charge >= 0.3 is 0 Å². The molecule has 0 saturated carbocycles. The number of carbonyl (C=O) groups excluding carboxylic acids is 1. The quantitative estimate of drug-likeness (QED) is 0.792. The molecule has 2 N–H and O–H groups in total. The minimum atomic E-state index is -3.65. The number of para-hydroxylation sites is 1. The zero-order valence-corrected chi connectivity index (χ0v) is 14.5. The average Bonchev–Trinajstić information content (AvgIpc) is 2.98. The Morgan fingerprint density at radius 1 is 1.22 bits per heavy atom. The van der Waals surface area contributed by atoms with E-state index in [-0.39, 0.29) is 17.3 Å². The van der Waals surface area contributed by atoms with E-state index >= 15 is 0 Å². The molecular formula is C15H18N2O4S2. The highest BCUT2D eigenvalue weighted by molar-refractivity contribution is 7.91. The maximum Gasteiger partial charge on any atom is 0.250 e. The molecule has 2 aromatic rings. The summed E-state index contributed by atoms with van der Waals surface area (Å²) in [5.74, 6) is 0.259. The van der Waals surface area contributed by atoms with E-state index in [9.17, 15) is 13.2 Å². The lowest BCUT2D eigenvalue weighted by atomic mass is 10.2. The number of nitrogens with one attached hydrogen (secondary N) is 2. The van der Waals surface area contributed by atoms with E-state index in [0.717, 1.165) is 21.8 Å². The lowest BCUT2D eigenvalue weighted by Gasteiger charge is -2.10. The van der Waals surface area contributed by atoms with Gasteiger partial charge in [-0.15, -0.1) is 11.3 Å². The maximum atomic E-state index is 12.0. The molecule has 0 fully saturated rings. The van der Waals surface area contributed by atoms with Crippen molar-refractivity contribution >= 4 is 27.3 Å². The lowest BCUT2D eigenvalue weighted by Crippen LogP contribution is -2.36. The third-order valence-corrected chi connectivity index (χ3v) is 5.97. The van der Waals surface area contributed by atoms with Gasteiger partial charge in [0.1, 0.15) is 9.96 Å². The highest BCUT2D eigenvalue weighted by atomic mass is 32.2. The van der Waals surface area contributed by atoms with Gasteiger partial charge in [-0.3, -0.25) is 4.79 Å². The van der Waals surface area contributed by atoms with Gasteiger partial charge in [-0.2, -0.15) is 0 Å². The molecule has 6 nitrogen and oxygen atoms in total. The van der Waals surface area contributed by atoms with Crippen LogP contribution in [0.1, 0.15) is 10.4 Å². The van der Waals surface area contributed by atoms with Gasteiger partial charge in [0.05, 0.1) is 13.7 Å². The van der Waals surface area contributed by atoms with Crippen molar-refractivity contribution in [1.82, 2.24) is 10.0 Å². The molecule has 0 aliphatic rings. The minimum Gasteiger partial charge on any atom is -0.496 e. The topological polar surface area (TPSA) is 84.5 Å². The summed E-state index contributed by atoms with van der Waals surface area (Å²) in [4.78, 5) is 12.7. The van der Waals surface area contributed by atoms with Gasteiger partial charge in [-0.1, -0.05) is 18.2 Å². The Kier molecular flexibility index (Phi) is 5.75. The number of hydrogen-bond acceptors (Lipinski definition) is 5. The number of sulfonamides is 1. The van der Waals surface area contributed by atoms with Gasteiger partial charge in [0.2, 0.25) is 5.91 Å². The second-order valence-electron chi connectivity index (χ2n) is 4.78. The first-order valence-electron chi connectivity index (χ1n) is 6.87. The Hall–Kier alpha value is -1.90. The van der Waals surface area contributed by atoms with Crippen molar-refractivity contribution in [2.45, 2.75) is 17.7 Å². The molecule has 0 aliphatic carbocycles. The molecule has 0 saturated heterocycles. The number of rotatable bonds is 7. The number of benzene rings is 1. The summed E-state index contributed by atoms with van der Waals surface area (Å²) >= 11 is 1.16. The van der Waals surface area contributed by atoms with Crippen LogP contribution >= 0.6 is 11.3 Å². The van der Waals surface area contributed by atoms with Crippen molar-refractivity contribution in [1.29, 1.82) is 0 Å². The SMILES string of the molecule is COc1ccccc1CNC(=O)CNS(=O)(=O)c1ccc(C)s1. The second kappa shape index (κ2) is 7.58. The molecule has 0 atom stereocenters. The molecule has 1 aromatic carbocycles. The molecule has 8 heteroatoms. The molecule has 23 heavy (non-hydrogen) atoms. The van der Waals surface area contributed by atoms with Crippen molar-refractivity contribution in [3.8, 4) is 5.75 Å². The first-order chi connectivity index (χ1) is 10.9. The Morgan fingerprint density at radius 2 is 1.96 bits per heavy atom. The van der Waals surface area contributed by atoms with E-state index in [1.807, 2.05) is 25.1 Å². The number of aryl methyl sites for hydroxylation is 1. The molecule has 0 unspecified atom stereocenters. The average molecular weight is 354 g/mol. The summed E-state index contributed by atoms with van der Waals surface area (Å²) in [7, 11) is -2.09. The molecule has 124 valence electrons. The van der Waals surface area contributed by atoms with E-state index < -0.39 is 15.9 Å². The number of amides is 1. The molecule has 2 rings (SSSR count). The Balaban J connectivity index is 1.88. The van der Waals surface area contributed by atoms with Gasteiger partial charge in [-0.05, 0) is 25.1 Å². The molecular weight excluding hydrogens is 336 g/mol. The van der Waals surface area contributed by atoms with Gasteiger partial charge in [-0.25, -0.2) is 13.1 Å². The van der Waals surface area contributed by atoms with Crippen LogP contribution in [0.25, 0.3) is 0 Å². The van der Waals surface area contributed by atoms with Crippen LogP contribution in [-0.4, -0.2) is 28.0 Å². The van der Waals surface area contributed by atoms with Crippen LogP contribution in [0.2, 0.25) is 0 Å². The van der Waals surface area contributed by atoms with E-state index in [1.165, 1.54) is 6.07 Å². The summed E-state index contributed by atoms with van der Waals surface area (Å²) in [5, 5.41) is 2.66. The Labute approximate surface area is 139 Å². The highest BCUT2D eigenvalue weighted by Gasteiger charge is 2.17. The second-order valence-corrected chi connectivity index (χ2v) is 8.06.